The van der Waals surface area contributed by atoms with Crippen LogP contribution in [0.1, 0.15) is 63.9 Å². The first-order valence-electron chi connectivity index (χ1n) is 14.9. The van der Waals surface area contributed by atoms with Gasteiger partial charge in [-0.05, 0) is 30.9 Å². The molecule has 13 nitrogen and oxygen atoms in total. The van der Waals surface area contributed by atoms with Crippen molar-refractivity contribution in [2.24, 2.45) is 5.73 Å². The predicted octanol–water partition coefficient (Wildman–Crippen LogP) is 0.151. The van der Waals surface area contributed by atoms with Crippen molar-refractivity contribution in [1.82, 2.24) is 15.5 Å². The van der Waals surface area contributed by atoms with E-state index in [0.717, 1.165) is 31.2 Å². The number of benzene rings is 1. The molecule has 14 heteroatoms. The van der Waals surface area contributed by atoms with Gasteiger partial charge in [-0.2, -0.15) is 0 Å². The number of unbranched alkanes of at least 4 members (excludes halogenated alkanes) is 4. The minimum atomic E-state index is -3.50. The lowest BCUT2D eigenvalue weighted by molar-refractivity contribution is -0.149. The van der Waals surface area contributed by atoms with Crippen LogP contribution in [-0.4, -0.2) is 99.8 Å². The molecule has 2 atom stereocenters. The van der Waals surface area contributed by atoms with Crippen LogP contribution in [0.5, 0.6) is 0 Å². The molecule has 0 saturated carbocycles. The summed E-state index contributed by atoms with van der Waals surface area (Å²) in [6.45, 7) is 1.43. The molecule has 3 amide bonds. The van der Waals surface area contributed by atoms with Crippen LogP contribution in [0.25, 0.3) is 0 Å². The van der Waals surface area contributed by atoms with Gasteiger partial charge < -0.3 is 31.1 Å². The third-order valence-corrected chi connectivity index (χ3v) is 9.28. The standard InChI is InChI=1S/C29H45N5O8S/c1-3-4-5-6-7-12-26(37)42-19-23(32-27(38)22(18-35)31-25(36)17-30)28(39)33-15-13-29(14-16-33)20-34(43(2,40)41)24-11-9-8-10-21(24)29/h8-11,22-23,35H,3-7,12-20,30H2,1-2H3,(H,31,36)(H,32,38)/t22-,23+/m0/s1. The van der Waals surface area contributed by atoms with Crippen LogP contribution in [0.2, 0.25) is 0 Å². The van der Waals surface area contributed by atoms with Crippen molar-refractivity contribution in [3.8, 4) is 0 Å². The maximum Gasteiger partial charge on any atom is 0.305 e. The van der Waals surface area contributed by atoms with Crippen LogP contribution < -0.4 is 20.7 Å². The molecule has 1 saturated heterocycles. The number of fused-ring (bicyclic) bond motifs is 2. The molecule has 1 fully saturated rings. The zero-order valence-corrected chi connectivity index (χ0v) is 25.9. The summed E-state index contributed by atoms with van der Waals surface area (Å²) < 4.78 is 31.8. The molecule has 2 aliphatic heterocycles. The zero-order chi connectivity index (χ0) is 31.6. The zero-order valence-electron chi connectivity index (χ0n) is 25.0. The fraction of sp³-hybridized carbons (Fsp3) is 0.655. The lowest BCUT2D eigenvalue weighted by atomic mass is 9.74. The molecule has 240 valence electrons. The van der Waals surface area contributed by atoms with E-state index in [4.69, 9.17) is 10.5 Å². The SMILES string of the molecule is CCCCCCCC(=O)OC[C@@H](NC(=O)[C@H](CO)NC(=O)CN)C(=O)N1CCC2(CC1)CN(S(C)(=O)=O)c1ccccc12. The smallest absolute Gasteiger partial charge is 0.305 e. The number of anilines is 1. The molecule has 3 rings (SSSR count). The fourth-order valence-corrected chi connectivity index (χ4v) is 6.70. The summed E-state index contributed by atoms with van der Waals surface area (Å²) in [7, 11) is -3.50. The number of para-hydroxylation sites is 1. The van der Waals surface area contributed by atoms with Crippen LogP contribution in [0.4, 0.5) is 5.69 Å². The van der Waals surface area contributed by atoms with Gasteiger partial charge in [0.25, 0.3) is 0 Å². The van der Waals surface area contributed by atoms with E-state index in [2.05, 4.69) is 17.6 Å². The van der Waals surface area contributed by atoms with Crippen LogP contribution in [-0.2, 0) is 39.4 Å². The average Bonchev–Trinajstić information content (AvgIpc) is 3.32. The number of sulfonamides is 1. The highest BCUT2D eigenvalue weighted by Gasteiger charge is 2.48. The van der Waals surface area contributed by atoms with E-state index in [9.17, 15) is 32.7 Å². The van der Waals surface area contributed by atoms with Crippen molar-refractivity contribution >= 4 is 39.4 Å². The highest BCUT2D eigenvalue weighted by atomic mass is 32.2. The van der Waals surface area contributed by atoms with Crippen LogP contribution >= 0.6 is 0 Å². The maximum atomic E-state index is 13.7. The normalized spacial score (nSPS) is 17.2. The molecule has 0 unspecified atom stereocenters. The Hall–Kier alpha value is -3.23. The van der Waals surface area contributed by atoms with Crippen LogP contribution in [0, 0.1) is 0 Å². The number of hydrogen-bond acceptors (Lipinski definition) is 9. The van der Waals surface area contributed by atoms with Crippen molar-refractivity contribution in [3.05, 3.63) is 29.8 Å². The highest BCUT2D eigenvalue weighted by Crippen LogP contribution is 2.47. The van der Waals surface area contributed by atoms with Crippen molar-refractivity contribution in [1.29, 1.82) is 0 Å². The van der Waals surface area contributed by atoms with Gasteiger partial charge >= 0.3 is 5.97 Å². The van der Waals surface area contributed by atoms with E-state index in [-0.39, 0.29) is 26.1 Å². The lowest BCUT2D eigenvalue weighted by Gasteiger charge is -2.41. The van der Waals surface area contributed by atoms with Crippen molar-refractivity contribution in [2.75, 3.05) is 50.0 Å². The van der Waals surface area contributed by atoms with Gasteiger partial charge in [-0.15, -0.1) is 0 Å². The average molecular weight is 624 g/mol. The molecule has 43 heavy (non-hydrogen) atoms. The number of rotatable bonds is 15. The summed E-state index contributed by atoms with van der Waals surface area (Å²) >= 11 is 0. The van der Waals surface area contributed by atoms with Gasteiger partial charge in [0.2, 0.25) is 27.7 Å². The Morgan fingerprint density at radius 2 is 1.72 bits per heavy atom. The van der Waals surface area contributed by atoms with Crippen molar-refractivity contribution < 1.29 is 37.4 Å². The number of nitrogens with zero attached hydrogens (tertiary/aromatic N) is 2. The van der Waals surface area contributed by atoms with Gasteiger partial charge in [0.1, 0.15) is 18.7 Å². The van der Waals surface area contributed by atoms with Gasteiger partial charge in [0, 0.05) is 31.5 Å². The summed E-state index contributed by atoms with van der Waals surface area (Å²) in [4.78, 5) is 52.3. The predicted molar refractivity (Wildman–Crippen MR) is 160 cm³/mol. The van der Waals surface area contributed by atoms with E-state index in [0.29, 0.717) is 24.9 Å². The minimum Gasteiger partial charge on any atom is -0.463 e. The Kier molecular flexibility index (Phi) is 12.3. The fourth-order valence-electron chi connectivity index (χ4n) is 5.70. The number of esters is 1. The molecule has 0 radical (unpaired) electrons. The summed E-state index contributed by atoms with van der Waals surface area (Å²) in [6.07, 6.45) is 7.06. The largest absolute Gasteiger partial charge is 0.463 e. The molecule has 2 aliphatic rings. The van der Waals surface area contributed by atoms with Crippen LogP contribution in [0.15, 0.2) is 24.3 Å². The molecule has 1 spiro atoms. The quantitative estimate of drug-likeness (QED) is 0.156. The lowest BCUT2D eigenvalue weighted by Crippen LogP contribution is -2.59. The summed E-state index contributed by atoms with van der Waals surface area (Å²) in [5, 5.41) is 14.5. The Morgan fingerprint density at radius 1 is 1.05 bits per heavy atom. The molecular formula is C29H45N5O8S. The number of piperidine rings is 1. The van der Waals surface area contributed by atoms with Crippen molar-refractivity contribution in [2.45, 2.75) is 75.8 Å². The first-order valence-corrected chi connectivity index (χ1v) is 16.7. The Balaban J connectivity index is 1.70. The number of aliphatic hydroxyl groups is 1. The second-order valence-corrected chi connectivity index (χ2v) is 13.2. The first kappa shape index (κ1) is 34.3. The molecule has 0 aromatic heterocycles. The van der Waals surface area contributed by atoms with Gasteiger partial charge in [0.15, 0.2) is 0 Å². The number of ether oxygens (including phenoxy) is 1. The number of carbonyl (C=O) groups is 4. The van der Waals surface area contributed by atoms with E-state index >= 15 is 0 Å². The molecule has 5 N–H and O–H groups in total. The Morgan fingerprint density at radius 3 is 2.35 bits per heavy atom. The Bertz CT molecular complexity index is 1250. The number of aliphatic hydroxyl groups excluding tert-OH is 1. The maximum absolute atomic E-state index is 13.7. The summed E-state index contributed by atoms with van der Waals surface area (Å²) in [6, 6.07) is 4.78. The topological polar surface area (TPSA) is 188 Å². The molecular weight excluding hydrogens is 578 g/mol. The number of carbonyl (C=O) groups excluding carboxylic acids is 4. The van der Waals surface area contributed by atoms with Crippen LogP contribution in [0.3, 0.4) is 0 Å². The van der Waals surface area contributed by atoms with Gasteiger partial charge in [-0.1, -0.05) is 50.8 Å². The monoisotopic (exact) mass is 623 g/mol. The third-order valence-electron chi connectivity index (χ3n) is 8.15. The second-order valence-electron chi connectivity index (χ2n) is 11.3. The van der Waals surface area contributed by atoms with E-state index < -0.39 is 71.0 Å². The van der Waals surface area contributed by atoms with E-state index in [1.54, 1.807) is 17.0 Å². The number of nitrogens with one attached hydrogen (secondary N) is 2. The molecule has 0 bridgehead atoms. The highest BCUT2D eigenvalue weighted by molar-refractivity contribution is 7.92. The van der Waals surface area contributed by atoms with Gasteiger partial charge in [-0.3, -0.25) is 23.5 Å². The Labute approximate surface area is 253 Å². The number of nitrogens with two attached hydrogens (primary N) is 1. The summed E-state index contributed by atoms with van der Waals surface area (Å²) in [5.41, 5.74) is 6.40. The van der Waals surface area contributed by atoms with Gasteiger partial charge in [-0.25, -0.2) is 8.42 Å². The molecule has 0 aliphatic carbocycles. The molecule has 1 aromatic carbocycles. The van der Waals surface area contributed by atoms with Crippen molar-refractivity contribution in [3.63, 3.8) is 0 Å². The van der Waals surface area contributed by atoms with E-state index in [1.807, 2.05) is 12.1 Å². The summed E-state index contributed by atoms with van der Waals surface area (Å²) in [5.74, 6) is -2.44. The molecule has 2 heterocycles. The number of amides is 3. The van der Waals surface area contributed by atoms with Gasteiger partial charge in [0.05, 0.1) is 25.1 Å². The number of likely N-dealkylation sites (tertiary alicyclic amines) is 1. The molecule has 1 aromatic rings. The minimum absolute atomic E-state index is 0.187. The third kappa shape index (κ3) is 8.89. The second kappa shape index (κ2) is 15.5. The van der Waals surface area contributed by atoms with E-state index in [1.165, 1.54) is 10.6 Å². The first-order chi connectivity index (χ1) is 20.5. The number of hydrogen-bond donors (Lipinski definition) is 4.